The highest BCUT2D eigenvalue weighted by Crippen LogP contribution is 2.40. The first-order chi connectivity index (χ1) is 12.4. The van der Waals surface area contributed by atoms with Gasteiger partial charge in [-0.3, -0.25) is 9.69 Å². The number of anilines is 2. The van der Waals surface area contributed by atoms with Crippen LogP contribution in [0, 0.1) is 0 Å². The summed E-state index contributed by atoms with van der Waals surface area (Å²) >= 11 is 6.62. The second-order valence-corrected chi connectivity index (χ2v) is 7.24. The van der Waals surface area contributed by atoms with Gasteiger partial charge in [-0.15, -0.1) is 0 Å². The Morgan fingerprint density at radius 3 is 2.62 bits per heavy atom. The summed E-state index contributed by atoms with van der Waals surface area (Å²) in [6.07, 6.45) is 0. The van der Waals surface area contributed by atoms with Crippen molar-refractivity contribution in [3.05, 3.63) is 64.6 Å². The van der Waals surface area contributed by atoms with Crippen LogP contribution in [0.3, 0.4) is 0 Å². The van der Waals surface area contributed by atoms with E-state index in [1.54, 1.807) is 30.3 Å². The minimum Gasteiger partial charge on any atom is -0.465 e. The van der Waals surface area contributed by atoms with E-state index in [0.717, 1.165) is 11.1 Å². The molecule has 0 atom stereocenters. The Morgan fingerprint density at radius 2 is 1.92 bits per heavy atom. The maximum absolute atomic E-state index is 13.1. The van der Waals surface area contributed by atoms with Gasteiger partial charge in [-0.05, 0) is 42.3 Å². The van der Waals surface area contributed by atoms with Crippen molar-refractivity contribution in [2.75, 3.05) is 17.7 Å². The van der Waals surface area contributed by atoms with Crippen LogP contribution in [0.2, 0.25) is 0 Å². The third kappa shape index (κ3) is 3.23. The SMILES string of the molecule is COC(=O)c1ccccc1N1C(=O)/C(=C(\C)c2cccc(N)c2)SC1=S. The lowest BCUT2D eigenvalue weighted by molar-refractivity contribution is -0.113. The van der Waals surface area contributed by atoms with Gasteiger partial charge in [0.25, 0.3) is 5.91 Å². The first-order valence-electron chi connectivity index (χ1n) is 7.74. The number of esters is 1. The van der Waals surface area contributed by atoms with Crippen LogP contribution in [0.4, 0.5) is 11.4 Å². The van der Waals surface area contributed by atoms with E-state index in [2.05, 4.69) is 0 Å². The Morgan fingerprint density at radius 1 is 1.19 bits per heavy atom. The van der Waals surface area contributed by atoms with Crippen LogP contribution >= 0.6 is 24.0 Å². The van der Waals surface area contributed by atoms with Gasteiger partial charge in [-0.25, -0.2) is 4.79 Å². The molecule has 26 heavy (non-hydrogen) atoms. The molecule has 0 unspecified atom stereocenters. The number of hydrogen-bond donors (Lipinski definition) is 1. The molecule has 1 fully saturated rings. The van der Waals surface area contributed by atoms with Crippen molar-refractivity contribution in [2.24, 2.45) is 0 Å². The monoisotopic (exact) mass is 384 g/mol. The van der Waals surface area contributed by atoms with Crippen molar-refractivity contribution in [3.63, 3.8) is 0 Å². The van der Waals surface area contributed by atoms with E-state index >= 15 is 0 Å². The highest BCUT2D eigenvalue weighted by atomic mass is 32.2. The number of amides is 1. The zero-order valence-corrected chi connectivity index (χ0v) is 15.8. The number of nitrogens with two attached hydrogens (primary N) is 1. The lowest BCUT2D eigenvalue weighted by Gasteiger charge is -2.17. The zero-order chi connectivity index (χ0) is 18.8. The number of carbonyl (C=O) groups excluding carboxylic acids is 2. The van der Waals surface area contributed by atoms with Crippen molar-refractivity contribution in [2.45, 2.75) is 6.92 Å². The average Bonchev–Trinajstić information content (AvgIpc) is 2.94. The van der Waals surface area contributed by atoms with Crippen molar-refractivity contribution < 1.29 is 14.3 Å². The topological polar surface area (TPSA) is 72.6 Å². The molecule has 0 aromatic heterocycles. The van der Waals surface area contributed by atoms with Gasteiger partial charge in [-0.1, -0.05) is 48.2 Å². The van der Waals surface area contributed by atoms with Crippen molar-refractivity contribution in [1.82, 2.24) is 0 Å². The Balaban J connectivity index is 2.06. The third-order valence-electron chi connectivity index (χ3n) is 3.98. The number of nitrogen functional groups attached to an aromatic ring is 1. The third-order valence-corrected chi connectivity index (χ3v) is 5.45. The molecule has 2 aromatic carbocycles. The van der Waals surface area contributed by atoms with E-state index in [-0.39, 0.29) is 11.5 Å². The number of benzene rings is 2. The van der Waals surface area contributed by atoms with Crippen LogP contribution in [0.5, 0.6) is 0 Å². The number of hydrogen-bond acceptors (Lipinski definition) is 6. The highest BCUT2D eigenvalue weighted by molar-refractivity contribution is 8.27. The summed E-state index contributed by atoms with van der Waals surface area (Å²) in [5.74, 6) is -0.789. The molecule has 1 heterocycles. The molecule has 0 saturated carbocycles. The van der Waals surface area contributed by atoms with Gasteiger partial charge in [0.1, 0.15) is 0 Å². The highest BCUT2D eigenvalue weighted by Gasteiger charge is 2.36. The molecule has 0 spiro atoms. The van der Waals surface area contributed by atoms with Gasteiger partial charge in [0.05, 0.1) is 23.3 Å². The number of thioether (sulfide) groups is 1. The maximum atomic E-state index is 13.1. The predicted molar refractivity (Wildman–Crippen MR) is 109 cm³/mol. The van der Waals surface area contributed by atoms with Gasteiger partial charge < -0.3 is 10.5 Å². The number of para-hydroxylation sites is 1. The quantitative estimate of drug-likeness (QED) is 0.375. The molecule has 1 aliphatic rings. The molecular formula is C19H16N2O3S2. The summed E-state index contributed by atoms with van der Waals surface area (Å²) in [6, 6.07) is 14.1. The second-order valence-electron chi connectivity index (χ2n) is 5.60. The first-order valence-corrected chi connectivity index (χ1v) is 8.97. The smallest absolute Gasteiger partial charge is 0.339 e. The molecule has 1 aliphatic heterocycles. The molecule has 0 bridgehead atoms. The summed E-state index contributed by atoms with van der Waals surface area (Å²) in [6.45, 7) is 1.85. The van der Waals surface area contributed by atoms with Crippen LogP contribution in [0.15, 0.2) is 53.4 Å². The first kappa shape index (κ1) is 18.2. The fourth-order valence-electron chi connectivity index (χ4n) is 2.66. The lowest BCUT2D eigenvalue weighted by Crippen LogP contribution is -2.29. The van der Waals surface area contributed by atoms with E-state index in [4.69, 9.17) is 22.7 Å². The summed E-state index contributed by atoms with van der Waals surface area (Å²) in [7, 11) is 1.30. The van der Waals surface area contributed by atoms with E-state index in [1.807, 2.05) is 25.1 Å². The summed E-state index contributed by atoms with van der Waals surface area (Å²) in [5.41, 5.74) is 8.80. The van der Waals surface area contributed by atoms with Gasteiger partial charge in [-0.2, -0.15) is 0 Å². The summed E-state index contributed by atoms with van der Waals surface area (Å²) in [4.78, 5) is 27.0. The molecule has 1 saturated heterocycles. The number of thiocarbonyl (C=S) groups is 1. The van der Waals surface area contributed by atoms with Crippen LogP contribution in [0.25, 0.3) is 5.57 Å². The van der Waals surface area contributed by atoms with E-state index in [0.29, 0.717) is 20.6 Å². The number of rotatable bonds is 3. The lowest BCUT2D eigenvalue weighted by atomic mass is 10.1. The van der Waals surface area contributed by atoms with Gasteiger partial charge >= 0.3 is 5.97 Å². The normalized spacial score (nSPS) is 16.0. The second kappa shape index (κ2) is 7.31. The van der Waals surface area contributed by atoms with Gasteiger partial charge in [0.15, 0.2) is 4.32 Å². The summed E-state index contributed by atoms with van der Waals surface area (Å²) in [5, 5.41) is 0. The van der Waals surface area contributed by atoms with Crippen LogP contribution in [0.1, 0.15) is 22.8 Å². The fraction of sp³-hybridized carbons (Fsp3) is 0.105. The van der Waals surface area contributed by atoms with E-state index in [1.165, 1.54) is 23.8 Å². The minimum absolute atomic E-state index is 0.267. The van der Waals surface area contributed by atoms with Gasteiger partial charge in [0.2, 0.25) is 0 Å². The Hall–Kier alpha value is -2.64. The average molecular weight is 384 g/mol. The minimum atomic E-state index is -0.522. The number of ether oxygens (including phenoxy) is 1. The standard InChI is InChI=1S/C19H16N2O3S2/c1-11(12-6-5-7-13(20)10-12)16-17(22)21(19(25)26-16)15-9-4-3-8-14(15)18(23)24-2/h3-10H,20H2,1-2H3/b16-11-. The Bertz CT molecular complexity index is 953. The molecule has 0 radical (unpaired) electrons. The van der Waals surface area contributed by atoms with E-state index < -0.39 is 5.97 Å². The number of allylic oxidation sites excluding steroid dienone is 1. The molecule has 2 N–H and O–H groups in total. The Labute approximate surface area is 160 Å². The van der Waals surface area contributed by atoms with Crippen LogP contribution in [-0.2, 0) is 9.53 Å². The molecule has 5 nitrogen and oxygen atoms in total. The molecule has 7 heteroatoms. The van der Waals surface area contributed by atoms with Crippen LogP contribution < -0.4 is 10.6 Å². The summed E-state index contributed by atoms with van der Waals surface area (Å²) < 4.78 is 5.18. The van der Waals surface area contributed by atoms with E-state index in [9.17, 15) is 9.59 Å². The molecule has 0 aliphatic carbocycles. The molecule has 132 valence electrons. The maximum Gasteiger partial charge on any atom is 0.339 e. The number of carbonyl (C=O) groups is 2. The van der Waals surface area contributed by atoms with Crippen molar-refractivity contribution in [1.29, 1.82) is 0 Å². The van der Waals surface area contributed by atoms with Gasteiger partial charge in [0, 0.05) is 5.69 Å². The molecular weight excluding hydrogens is 368 g/mol. The van der Waals surface area contributed by atoms with Crippen molar-refractivity contribution in [3.8, 4) is 0 Å². The molecule has 3 rings (SSSR count). The molecule has 1 amide bonds. The Kier molecular flexibility index (Phi) is 5.11. The fourth-order valence-corrected chi connectivity index (χ4v) is 3.99. The molecule has 2 aromatic rings. The van der Waals surface area contributed by atoms with Crippen LogP contribution in [-0.4, -0.2) is 23.3 Å². The number of nitrogens with zero attached hydrogens (tertiary/aromatic N) is 1. The predicted octanol–water partition coefficient (Wildman–Crippen LogP) is 3.85. The number of methoxy groups -OCH3 is 1. The zero-order valence-electron chi connectivity index (χ0n) is 14.2. The largest absolute Gasteiger partial charge is 0.465 e. The van der Waals surface area contributed by atoms with Crippen molar-refractivity contribution >= 4 is 57.1 Å².